The van der Waals surface area contributed by atoms with Gasteiger partial charge in [-0.25, -0.2) is 0 Å². The van der Waals surface area contributed by atoms with E-state index in [0.29, 0.717) is 0 Å². The molecular weight excluding hydrogens is 254 g/mol. The first-order chi connectivity index (χ1) is 8.49. The SMILES string of the molecule is N[C@@H](CSC(=O)/C=C/c1ccc([O-])cc1)C(=O)O. The molecule has 0 unspecified atom stereocenters. The van der Waals surface area contributed by atoms with Gasteiger partial charge in [0.1, 0.15) is 6.04 Å². The number of thioether (sulfide) groups is 1. The van der Waals surface area contributed by atoms with Crippen LogP contribution >= 0.6 is 11.8 Å². The van der Waals surface area contributed by atoms with E-state index in [-0.39, 0.29) is 16.6 Å². The topological polar surface area (TPSA) is 103 Å². The highest BCUT2D eigenvalue weighted by atomic mass is 32.2. The summed E-state index contributed by atoms with van der Waals surface area (Å²) in [5, 5.41) is 19.1. The number of hydrogen-bond acceptors (Lipinski definition) is 5. The maximum Gasteiger partial charge on any atom is 0.321 e. The molecule has 0 aliphatic carbocycles. The third-order valence-corrected chi connectivity index (χ3v) is 2.96. The molecule has 0 radical (unpaired) electrons. The fourth-order valence-electron chi connectivity index (χ4n) is 1.03. The number of carboxylic acids is 1. The molecule has 0 bridgehead atoms. The fraction of sp³-hybridized carbons (Fsp3) is 0.167. The number of carbonyl (C=O) groups excluding carboxylic acids is 1. The quantitative estimate of drug-likeness (QED) is 0.750. The monoisotopic (exact) mass is 266 g/mol. The second kappa shape index (κ2) is 6.83. The molecule has 0 saturated heterocycles. The van der Waals surface area contributed by atoms with Crippen molar-refractivity contribution in [2.24, 2.45) is 5.73 Å². The van der Waals surface area contributed by atoms with Crippen LogP contribution in [0.25, 0.3) is 6.08 Å². The highest BCUT2D eigenvalue weighted by Gasteiger charge is 2.12. The zero-order valence-corrected chi connectivity index (χ0v) is 10.2. The molecule has 1 atom stereocenters. The molecule has 1 aromatic carbocycles. The molecule has 96 valence electrons. The summed E-state index contributed by atoms with van der Waals surface area (Å²) in [7, 11) is 0. The fourth-order valence-corrected chi connectivity index (χ4v) is 1.69. The minimum absolute atomic E-state index is 0.0258. The van der Waals surface area contributed by atoms with Gasteiger partial charge in [0.25, 0.3) is 0 Å². The van der Waals surface area contributed by atoms with Crippen molar-refractivity contribution in [3.8, 4) is 5.75 Å². The Labute approximate surface area is 108 Å². The molecule has 0 fully saturated rings. The lowest BCUT2D eigenvalue weighted by Gasteiger charge is -2.04. The Morgan fingerprint density at radius 2 is 2.00 bits per heavy atom. The molecule has 0 spiro atoms. The summed E-state index contributed by atoms with van der Waals surface area (Å²) in [5.41, 5.74) is 5.99. The Morgan fingerprint density at radius 1 is 1.39 bits per heavy atom. The average molecular weight is 266 g/mol. The first-order valence-electron chi connectivity index (χ1n) is 5.09. The number of rotatable bonds is 5. The minimum Gasteiger partial charge on any atom is -0.872 e. The van der Waals surface area contributed by atoms with E-state index >= 15 is 0 Å². The first kappa shape index (κ1) is 14.3. The highest BCUT2D eigenvalue weighted by Crippen LogP contribution is 2.10. The van der Waals surface area contributed by atoms with Crippen LogP contribution in [0.2, 0.25) is 0 Å². The van der Waals surface area contributed by atoms with E-state index in [2.05, 4.69) is 0 Å². The van der Waals surface area contributed by atoms with E-state index in [1.54, 1.807) is 18.2 Å². The Balaban J connectivity index is 2.45. The van der Waals surface area contributed by atoms with Crippen LogP contribution in [0.5, 0.6) is 5.75 Å². The van der Waals surface area contributed by atoms with E-state index in [0.717, 1.165) is 17.3 Å². The predicted molar refractivity (Wildman–Crippen MR) is 68.0 cm³/mol. The molecule has 0 aliphatic heterocycles. The maximum absolute atomic E-state index is 11.4. The Bertz CT molecular complexity index is 456. The van der Waals surface area contributed by atoms with Gasteiger partial charge in [-0.3, -0.25) is 9.59 Å². The number of carboxylic acid groups (broad SMARTS) is 1. The Morgan fingerprint density at radius 3 is 2.56 bits per heavy atom. The Hall–Kier alpha value is -1.79. The standard InChI is InChI=1S/C12H13NO4S/c13-10(12(16)17)7-18-11(15)6-3-8-1-4-9(14)5-2-8/h1-6,10,14H,7,13H2,(H,16,17)/p-1/b6-3+/t10-/m0/s1. The molecule has 3 N–H and O–H groups in total. The summed E-state index contributed by atoms with van der Waals surface area (Å²) in [4.78, 5) is 21.8. The second-order valence-electron chi connectivity index (χ2n) is 3.48. The summed E-state index contributed by atoms with van der Waals surface area (Å²) >= 11 is 0.842. The number of benzene rings is 1. The van der Waals surface area contributed by atoms with Crippen molar-refractivity contribution < 1.29 is 19.8 Å². The van der Waals surface area contributed by atoms with Gasteiger partial charge in [-0.05, 0) is 11.6 Å². The number of nitrogens with two attached hydrogens (primary N) is 1. The molecule has 6 heteroatoms. The summed E-state index contributed by atoms with van der Waals surface area (Å²) in [6.45, 7) is 0. The van der Waals surface area contributed by atoms with Gasteiger partial charge in [-0.2, -0.15) is 0 Å². The van der Waals surface area contributed by atoms with Gasteiger partial charge in [-0.1, -0.05) is 42.1 Å². The lowest BCUT2D eigenvalue weighted by molar-refractivity contribution is -0.268. The van der Waals surface area contributed by atoms with E-state index < -0.39 is 12.0 Å². The molecule has 1 aromatic rings. The normalized spacial score (nSPS) is 12.5. The maximum atomic E-state index is 11.4. The zero-order chi connectivity index (χ0) is 13.5. The highest BCUT2D eigenvalue weighted by molar-refractivity contribution is 8.14. The van der Waals surface area contributed by atoms with Crippen LogP contribution in [0.3, 0.4) is 0 Å². The predicted octanol–water partition coefficient (Wildman–Crippen LogP) is 0.445. The van der Waals surface area contributed by atoms with Crippen molar-refractivity contribution in [3.05, 3.63) is 35.9 Å². The van der Waals surface area contributed by atoms with Gasteiger partial charge >= 0.3 is 5.97 Å². The second-order valence-corrected chi connectivity index (χ2v) is 4.50. The molecule has 0 aliphatic rings. The van der Waals surface area contributed by atoms with Crippen LogP contribution in [0, 0.1) is 0 Å². The summed E-state index contributed by atoms with van der Waals surface area (Å²) < 4.78 is 0. The van der Waals surface area contributed by atoms with Gasteiger partial charge in [0.05, 0.1) is 0 Å². The molecule has 0 saturated carbocycles. The number of carbonyl (C=O) groups is 2. The van der Waals surface area contributed by atoms with Crippen molar-refractivity contribution in [2.45, 2.75) is 6.04 Å². The van der Waals surface area contributed by atoms with Crippen LogP contribution in [0.1, 0.15) is 5.56 Å². The molecular formula is C12H12NO4S-. The van der Waals surface area contributed by atoms with Crippen LogP contribution in [-0.2, 0) is 9.59 Å². The smallest absolute Gasteiger partial charge is 0.321 e. The third kappa shape index (κ3) is 5.03. The number of hydrogen-bond donors (Lipinski definition) is 2. The zero-order valence-electron chi connectivity index (χ0n) is 9.41. The summed E-state index contributed by atoms with van der Waals surface area (Å²) in [5.74, 6) is -1.21. The van der Waals surface area contributed by atoms with Crippen molar-refractivity contribution >= 4 is 28.9 Å². The molecule has 0 amide bonds. The Kier molecular flexibility index (Phi) is 5.41. The van der Waals surface area contributed by atoms with Crippen molar-refractivity contribution in [2.75, 3.05) is 5.75 Å². The van der Waals surface area contributed by atoms with Crippen LogP contribution in [0.4, 0.5) is 0 Å². The van der Waals surface area contributed by atoms with Gasteiger partial charge < -0.3 is 15.9 Å². The first-order valence-corrected chi connectivity index (χ1v) is 6.08. The van der Waals surface area contributed by atoms with Gasteiger partial charge in [-0.15, -0.1) is 5.75 Å². The van der Waals surface area contributed by atoms with Gasteiger partial charge in [0, 0.05) is 5.75 Å². The van der Waals surface area contributed by atoms with Crippen LogP contribution in [0.15, 0.2) is 30.3 Å². The van der Waals surface area contributed by atoms with E-state index in [1.165, 1.54) is 18.2 Å². The van der Waals surface area contributed by atoms with Crippen molar-refractivity contribution in [3.63, 3.8) is 0 Å². The third-order valence-electron chi connectivity index (χ3n) is 2.01. The van der Waals surface area contributed by atoms with Crippen LogP contribution < -0.4 is 10.8 Å². The molecule has 18 heavy (non-hydrogen) atoms. The number of aliphatic carboxylic acids is 1. The minimum atomic E-state index is -1.13. The van der Waals surface area contributed by atoms with Gasteiger partial charge in [0.2, 0.25) is 5.12 Å². The van der Waals surface area contributed by atoms with E-state index in [9.17, 15) is 14.7 Å². The van der Waals surface area contributed by atoms with Gasteiger partial charge in [0.15, 0.2) is 0 Å². The van der Waals surface area contributed by atoms with Crippen LogP contribution in [-0.4, -0.2) is 28.0 Å². The lowest BCUT2D eigenvalue weighted by Crippen LogP contribution is -2.32. The lowest BCUT2D eigenvalue weighted by atomic mass is 10.2. The van der Waals surface area contributed by atoms with E-state index in [1.807, 2.05) is 0 Å². The molecule has 0 heterocycles. The van der Waals surface area contributed by atoms with Crippen molar-refractivity contribution in [1.29, 1.82) is 0 Å². The summed E-state index contributed by atoms with van der Waals surface area (Å²) in [6.07, 6.45) is 2.88. The summed E-state index contributed by atoms with van der Waals surface area (Å²) in [6, 6.07) is 4.95. The molecule has 0 aromatic heterocycles. The molecule has 1 rings (SSSR count). The average Bonchev–Trinajstić information content (AvgIpc) is 2.35. The van der Waals surface area contributed by atoms with Crippen molar-refractivity contribution in [1.82, 2.24) is 0 Å². The largest absolute Gasteiger partial charge is 0.872 e. The van der Waals surface area contributed by atoms with E-state index in [4.69, 9.17) is 10.8 Å². The molecule has 5 nitrogen and oxygen atoms in total.